The van der Waals surface area contributed by atoms with Gasteiger partial charge in [0.2, 0.25) is 0 Å². The van der Waals surface area contributed by atoms with Crippen molar-refractivity contribution in [2.45, 2.75) is 0 Å². The molecule has 0 bridgehead atoms. The normalized spacial score (nSPS) is 9.30. The second-order valence-corrected chi connectivity index (χ2v) is 1.88. The molecule has 1 nitrogen and oxygen atoms in total. The molecule has 0 heterocycles. The van der Waals surface area contributed by atoms with Crippen LogP contribution in [0, 0.1) is 0 Å². The maximum absolute atomic E-state index is 3.77. The van der Waals surface area contributed by atoms with Crippen LogP contribution < -0.4 is 5.32 Å². The van der Waals surface area contributed by atoms with Gasteiger partial charge < -0.3 is 5.32 Å². The summed E-state index contributed by atoms with van der Waals surface area (Å²) in [5, 5.41) is 2.86. The molecule has 0 atom stereocenters. The van der Waals surface area contributed by atoms with Crippen molar-refractivity contribution in [3.8, 4) is 0 Å². The van der Waals surface area contributed by atoms with Crippen LogP contribution in [0.15, 0.2) is 49.2 Å². The minimum atomic E-state index is 0.853. The molecule has 0 saturated heterocycles. The van der Waals surface area contributed by atoms with Gasteiger partial charge in [0.25, 0.3) is 0 Å². The van der Waals surface area contributed by atoms with E-state index in [0.717, 1.165) is 11.1 Å². The third-order valence-electron chi connectivity index (χ3n) is 1.11. The fourth-order valence-corrected chi connectivity index (χ4v) is 0.422. The minimum Gasteiger partial charge on any atom is -0.394 e. The van der Waals surface area contributed by atoms with E-state index in [1.54, 1.807) is 12.3 Å². The summed E-state index contributed by atoms with van der Waals surface area (Å²) >= 11 is 0. The van der Waals surface area contributed by atoms with Crippen molar-refractivity contribution < 1.29 is 0 Å². The zero-order chi connectivity index (χ0) is 7.98. The Hall–Kier alpha value is -1.24. The molecule has 0 radical (unpaired) electrons. The quantitative estimate of drug-likeness (QED) is 0.581. The largest absolute Gasteiger partial charge is 0.394 e. The molecule has 0 rings (SSSR count). The Morgan fingerprint density at radius 2 is 1.90 bits per heavy atom. The van der Waals surface area contributed by atoms with E-state index in [4.69, 9.17) is 0 Å². The van der Waals surface area contributed by atoms with Gasteiger partial charge in [0.1, 0.15) is 0 Å². The van der Waals surface area contributed by atoms with Gasteiger partial charge >= 0.3 is 0 Å². The lowest BCUT2D eigenvalue weighted by Crippen LogP contribution is -1.91. The van der Waals surface area contributed by atoms with Gasteiger partial charge in [-0.05, 0) is 23.4 Å². The Labute approximate surface area is 62.5 Å². The Kier molecular flexibility index (Phi) is 4.05. The van der Waals surface area contributed by atoms with E-state index in [9.17, 15) is 0 Å². The van der Waals surface area contributed by atoms with Gasteiger partial charge in [-0.3, -0.25) is 0 Å². The van der Waals surface area contributed by atoms with Crippen LogP contribution in [0.4, 0.5) is 0 Å². The van der Waals surface area contributed by atoms with Crippen molar-refractivity contribution in [1.82, 2.24) is 5.32 Å². The van der Waals surface area contributed by atoms with Crippen molar-refractivity contribution in [1.29, 1.82) is 0 Å². The smallest absolute Gasteiger partial charge is 0.00277 e. The molecule has 0 aliphatic heterocycles. The van der Waals surface area contributed by atoms with Gasteiger partial charge in [-0.15, -0.1) is 0 Å². The van der Waals surface area contributed by atoms with Crippen molar-refractivity contribution >= 4 is 0 Å². The lowest BCUT2D eigenvalue weighted by molar-refractivity contribution is 1.10. The molecule has 54 valence electrons. The van der Waals surface area contributed by atoms with E-state index in [-0.39, 0.29) is 0 Å². The first-order valence-corrected chi connectivity index (χ1v) is 3.06. The molecule has 0 spiro atoms. The molecule has 0 aromatic carbocycles. The van der Waals surface area contributed by atoms with Gasteiger partial charge in [0.05, 0.1) is 0 Å². The number of hydrogen-bond donors (Lipinski definition) is 1. The zero-order valence-electron chi connectivity index (χ0n) is 6.35. The molecule has 1 N–H and O–H groups in total. The van der Waals surface area contributed by atoms with Crippen molar-refractivity contribution in [2.24, 2.45) is 0 Å². The number of nitrogens with one attached hydrogen (secondary N) is 1. The topological polar surface area (TPSA) is 12.0 Å². The third-order valence-corrected chi connectivity index (χ3v) is 1.11. The van der Waals surface area contributed by atoms with Crippen LogP contribution in [0.3, 0.4) is 0 Å². The van der Waals surface area contributed by atoms with Gasteiger partial charge in [-0.25, -0.2) is 0 Å². The first kappa shape index (κ1) is 8.76. The predicted molar refractivity (Wildman–Crippen MR) is 46.7 cm³/mol. The Balaban J connectivity index is 3.97. The summed E-state index contributed by atoms with van der Waals surface area (Å²) in [7, 11) is 1.83. The van der Waals surface area contributed by atoms with E-state index in [2.05, 4.69) is 25.1 Å². The van der Waals surface area contributed by atoms with Crippen molar-refractivity contribution in [2.75, 3.05) is 7.05 Å². The Bertz CT molecular complexity index is 175. The first-order valence-electron chi connectivity index (χ1n) is 3.06. The summed E-state index contributed by atoms with van der Waals surface area (Å²) in [5.74, 6) is 0. The maximum atomic E-state index is 3.77. The highest BCUT2D eigenvalue weighted by Gasteiger charge is 1.87. The molecular formula is C9H13N. The first-order chi connectivity index (χ1) is 4.72. The molecule has 0 fully saturated rings. The number of allylic oxidation sites excluding steroid dienone is 4. The molecule has 10 heavy (non-hydrogen) atoms. The fourth-order valence-electron chi connectivity index (χ4n) is 0.422. The van der Waals surface area contributed by atoms with Crippen LogP contribution in [0.2, 0.25) is 0 Å². The second kappa shape index (κ2) is 4.62. The van der Waals surface area contributed by atoms with E-state index >= 15 is 0 Å². The lowest BCUT2D eigenvalue weighted by atomic mass is 10.1. The van der Waals surface area contributed by atoms with Crippen LogP contribution in [0.1, 0.15) is 0 Å². The molecule has 1 heteroatoms. The summed E-state index contributed by atoms with van der Waals surface area (Å²) in [4.78, 5) is 0. The Morgan fingerprint density at radius 3 is 2.30 bits per heavy atom. The average Bonchev–Trinajstić information content (AvgIpc) is 1.98. The Morgan fingerprint density at radius 1 is 1.30 bits per heavy atom. The third kappa shape index (κ3) is 2.92. The summed E-state index contributed by atoms with van der Waals surface area (Å²) in [6, 6.07) is 0. The number of hydrogen-bond acceptors (Lipinski definition) is 1. The zero-order valence-corrected chi connectivity index (χ0v) is 6.35. The van der Waals surface area contributed by atoms with E-state index in [0.29, 0.717) is 0 Å². The highest BCUT2D eigenvalue weighted by molar-refractivity contribution is 5.41. The van der Waals surface area contributed by atoms with E-state index in [1.165, 1.54) is 0 Å². The number of rotatable bonds is 4. The van der Waals surface area contributed by atoms with Crippen LogP contribution in [0.5, 0.6) is 0 Å². The summed E-state index contributed by atoms with van der Waals surface area (Å²) < 4.78 is 0. The monoisotopic (exact) mass is 135 g/mol. The highest BCUT2D eigenvalue weighted by atomic mass is 14.8. The van der Waals surface area contributed by atoms with Crippen molar-refractivity contribution in [3.63, 3.8) is 0 Å². The molecule has 0 amide bonds. The van der Waals surface area contributed by atoms with Gasteiger partial charge in [0, 0.05) is 7.05 Å². The summed E-state index contributed by atoms with van der Waals surface area (Å²) in [5.41, 5.74) is 1.73. The molecular weight excluding hydrogens is 122 g/mol. The average molecular weight is 135 g/mol. The minimum absolute atomic E-state index is 0.853. The van der Waals surface area contributed by atoms with Crippen LogP contribution in [-0.4, -0.2) is 7.05 Å². The van der Waals surface area contributed by atoms with Crippen LogP contribution >= 0.6 is 0 Å². The van der Waals surface area contributed by atoms with Gasteiger partial charge in [-0.1, -0.05) is 25.8 Å². The van der Waals surface area contributed by atoms with Crippen molar-refractivity contribution in [3.05, 3.63) is 49.2 Å². The van der Waals surface area contributed by atoms with E-state index < -0.39 is 0 Å². The second-order valence-electron chi connectivity index (χ2n) is 1.88. The van der Waals surface area contributed by atoms with Gasteiger partial charge in [-0.2, -0.15) is 0 Å². The molecule has 0 saturated carbocycles. The highest BCUT2D eigenvalue weighted by Crippen LogP contribution is 2.05. The summed E-state index contributed by atoms with van der Waals surface area (Å²) in [6.45, 7) is 11.1. The molecule has 0 aromatic heterocycles. The summed E-state index contributed by atoms with van der Waals surface area (Å²) in [6.07, 6.45) is 5.34. The predicted octanol–water partition coefficient (Wildman–Crippen LogP) is 2.02. The fraction of sp³-hybridized carbons (Fsp3) is 0.111. The van der Waals surface area contributed by atoms with Crippen LogP contribution in [0.25, 0.3) is 0 Å². The van der Waals surface area contributed by atoms with E-state index in [1.807, 2.05) is 13.1 Å². The molecule has 0 aromatic rings. The molecule has 0 aliphatic rings. The van der Waals surface area contributed by atoms with Crippen LogP contribution in [-0.2, 0) is 0 Å². The van der Waals surface area contributed by atoms with Gasteiger partial charge in [0.15, 0.2) is 0 Å². The maximum Gasteiger partial charge on any atom is 0.00277 e. The standard InChI is InChI=1S/C9H13N/c1-5-8(2)9(3)6-7-10-4/h5-7,10H,1-3H2,4H3/b7-6-. The molecule has 0 unspecified atom stereocenters. The lowest BCUT2D eigenvalue weighted by Gasteiger charge is -1.95. The molecule has 0 aliphatic carbocycles. The SMILES string of the molecule is C=CC(=C)C(=C)/C=C\NC.